The summed E-state index contributed by atoms with van der Waals surface area (Å²) in [5, 5.41) is 8.90. The van der Waals surface area contributed by atoms with E-state index >= 15 is 0 Å². The molecule has 9 heteroatoms. The fraction of sp³-hybridized carbons (Fsp3) is 0.500. The minimum Gasteiger partial charge on any atom is -0.351 e. The van der Waals surface area contributed by atoms with Crippen LogP contribution in [0.15, 0.2) is 28.6 Å². The van der Waals surface area contributed by atoms with Crippen LogP contribution in [0.1, 0.15) is 23.4 Å². The molecule has 0 unspecified atom stereocenters. The van der Waals surface area contributed by atoms with Gasteiger partial charge in [-0.25, -0.2) is 8.42 Å². The minimum absolute atomic E-state index is 0.0868. The largest absolute Gasteiger partial charge is 0.351 e. The maximum atomic E-state index is 12.9. The lowest BCUT2D eigenvalue weighted by molar-refractivity contribution is -0.126. The predicted octanol–water partition coefficient (Wildman–Crippen LogP) is 1.51. The van der Waals surface area contributed by atoms with Gasteiger partial charge in [-0.1, -0.05) is 6.07 Å². The van der Waals surface area contributed by atoms with Gasteiger partial charge in [0.2, 0.25) is 15.9 Å². The second kappa shape index (κ2) is 7.27. The van der Waals surface area contributed by atoms with E-state index < -0.39 is 10.0 Å². The summed E-state index contributed by atoms with van der Waals surface area (Å²) in [5.74, 6) is -0.406. The highest BCUT2D eigenvalue weighted by Crippen LogP contribution is 2.25. The first kappa shape index (κ1) is 18.1. The monoisotopic (exact) mass is 382 g/mol. The lowest BCUT2D eigenvalue weighted by atomic mass is 9.99. The first-order valence-corrected chi connectivity index (χ1v) is 10.5. The van der Waals surface area contributed by atoms with Gasteiger partial charge in [0, 0.05) is 25.0 Å². The summed E-state index contributed by atoms with van der Waals surface area (Å²) in [6, 6.07) is 3.91. The van der Waals surface area contributed by atoms with Crippen LogP contribution in [-0.2, 0) is 28.4 Å². The Kier molecular flexibility index (Phi) is 5.26. The van der Waals surface area contributed by atoms with Crippen LogP contribution in [0.3, 0.4) is 0 Å². The molecule has 1 saturated heterocycles. The molecule has 1 atom stereocenters. The summed E-state index contributed by atoms with van der Waals surface area (Å²) in [6.07, 6.45) is 2.76. The SMILES string of the molecule is Cc1c(S(=O)(=O)N2CCC[C@@H](C(=O)NCc3cccs3)C2)cnn1C. The molecule has 0 aliphatic carbocycles. The molecule has 1 aliphatic rings. The quantitative estimate of drug-likeness (QED) is 0.849. The van der Waals surface area contributed by atoms with Gasteiger partial charge >= 0.3 is 0 Å². The Morgan fingerprint density at radius 3 is 2.92 bits per heavy atom. The number of nitrogens with one attached hydrogen (secondary N) is 1. The van der Waals surface area contributed by atoms with Gasteiger partial charge in [0.15, 0.2) is 0 Å². The molecule has 0 saturated carbocycles. The van der Waals surface area contributed by atoms with E-state index in [0.29, 0.717) is 31.6 Å². The number of hydrogen-bond donors (Lipinski definition) is 1. The van der Waals surface area contributed by atoms with Gasteiger partial charge < -0.3 is 5.32 Å². The van der Waals surface area contributed by atoms with Crippen molar-refractivity contribution in [1.29, 1.82) is 0 Å². The molecule has 0 spiro atoms. The average Bonchev–Trinajstić information content (AvgIpc) is 3.24. The van der Waals surface area contributed by atoms with E-state index in [2.05, 4.69) is 10.4 Å². The first-order chi connectivity index (χ1) is 11.9. The van der Waals surface area contributed by atoms with Crippen LogP contribution in [0.5, 0.6) is 0 Å². The summed E-state index contributed by atoms with van der Waals surface area (Å²) in [5.41, 5.74) is 0.601. The lowest BCUT2D eigenvalue weighted by Gasteiger charge is -2.31. The number of thiophene rings is 1. The van der Waals surface area contributed by atoms with Gasteiger partial charge in [-0.05, 0) is 31.2 Å². The van der Waals surface area contributed by atoms with Crippen molar-refractivity contribution in [3.63, 3.8) is 0 Å². The van der Waals surface area contributed by atoms with Gasteiger partial charge in [0.25, 0.3) is 0 Å². The number of carbonyl (C=O) groups excluding carboxylic acids is 1. The molecule has 1 aliphatic heterocycles. The molecule has 0 aromatic carbocycles. The van der Waals surface area contributed by atoms with Crippen molar-refractivity contribution in [2.24, 2.45) is 13.0 Å². The third kappa shape index (κ3) is 3.78. The molecular formula is C16H22N4O3S2. The second-order valence-corrected chi connectivity index (χ2v) is 9.16. The third-order valence-electron chi connectivity index (χ3n) is 4.58. The molecule has 136 valence electrons. The molecule has 1 N–H and O–H groups in total. The number of sulfonamides is 1. The van der Waals surface area contributed by atoms with Crippen molar-refractivity contribution in [3.05, 3.63) is 34.3 Å². The third-order valence-corrected chi connectivity index (χ3v) is 7.42. The first-order valence-electron chi connectivity index (χ1n) is 8.18. The fourth-order valence-corrected chi connectivity index (χ4v) is 5.33. The van der Waals surface area contributed by atoms with Crippen molar-refractivity contribution in [1.82, 2.24) is 19.4 Å². The van der Waals surface area contributed by atoms with E-state index in [0.717, 1.165) is 4.88 Å². The predicted molar refractivity (Wildman–Crippen MR) is 95.6 cm³/mol. The summed E-state index contributed by atoms with van der Waals surface area (Å²) in [7, 11) is -1.91. The van der Waals surface area contributed by atoms with Crippen molar-refractivity contribution in [3.8, 4) is 0 Å². The number of piperidine rings is 1. The molecule has 0 bridgehead atoms. The van der Waals surface area contributed by atoms with E-state index in [1.807, 2.05) is 17.5 Å². The van der Waals surface area contributed by atoms with E-state index in [1.54, 1.807) is 30.0 Å². The van der Waals surface area contributed by atoms with Crippen molar-refractivity contribution >= 4 is 27.3 Å². The maximum absolute atomic E-state index is 12.9. The highest BCUT2D eigenvalue weighted by atomic mass is 32.2. The molecule has 3 heterocycles. The highest BCUT2D eigenvalue weighted by molar-refractivity contribution is 7.89. The number of nitrogens with zero attached hydrogens (tertiary/aromatic N) is 3. The Morgan fingerprint density at radius 1 is 1.48 bits per heavy atom. The van der Waals surface area contributed by atoms with Crippen LogP contribution in [0.25, 0.3) is 0 Å². The molecule has 2 aromatic heterocycles. The van der Waals surface area contributed by atoms with E-state index in [9.17, 15) is 13.2 Å². The van der Waals surface area contributed by atoms with Gasteiger partial charge in [-0.15, -0.1) is 11.3 Å². The highest BCUT2D eigenvalue weighted by Gasteiger charge is 2.34. The van der Waals surface area contributed by atoms with E-state index in [1.165, 1.54) is 10.5 Å². The zero-order valence-corrected chi connectivity index (χ0v) is 15.9. The number of amides is 1. The van der Waals surface area contributed by atoms with Crippen LogP contribution in [0.2, 0.25) is 0 Å². The summed E-state index contributed by atoms with van der Waals surface area (Å²) in [4.78, 5) is 13.7. The minimum atomic E-state index is -3.62. The molecule has 2 aromatic rings. The average molecular weight is 383 g/mol. The van der Waals surface area contributed by atoms with Crippen LogP contribution < -0.4 is 5.32 Å². The van der Waals surface area contributed by atoms with Gasteiger partial charge in [0.1, 0.15) is 4.90 Å². The number of carbonyl (C=O) groups is 1. The Morgan fingerprint density at radius 2 is 2.28 bits per heavy atom. The topological polar surface area (TPSA) is 84.3 Å². The lowest BCUT2D eigenvalue weighted by Crippen LogP contribution is -2.45. The number of aryl methyl sites for hydroxylation is 1. The van der Waals surface area contributed by atoms with Crippen LogP contribution in [0.4, 0.5) is 0 Å². The number of aromatic nitrogens is 2. The maximum Gasteiger partial charge on any atom is 0.246 e. The van der Waals surface area contributed by atoms with Crippen LogP contribution in [-0.4, -0.2) is 41.5 Å². The van der Waals surface area contributed by atoms with Gasteiger partial charge in [-0.3, -0.25) is 9.48 Å². The standard InChI is InChI=1S/C16H22N4O3S2/c1-12-15(10-18-19(12)2)25(22,23)20-7-3-5-13(11-20)16(21)17-9-14-6-4-8-24-14/h4,6,8,10,13H,3,5,7,9,11H2,1-2H3,(H,17,21)/t13-/m1/s1. The van der Waals surface area contributed by atoms with Crippen molar-refractivity contribution < 1.29 is 13.2 Å². The van der Waals surface area contributed by atoms with E-state index in [4.69, 9.17) is 0 Å². The molecule has 1 fully saturated rings. The smallest absolute Gasteiger partial charge is 0.246 e. The second-order valence-electron chi connectivity index (χ2n) is 6.22. The molecule has 1 amide bonds. The Hall–Kier alpha value is -1.71. The zero-order valence-electron chi connectivity index (χ0n) is 14.3. The molecule has 0 radical (unpaired) electrons. The van der Waals surface area contributed by atoms with Crippen molar-refractivity contribution in [2.75, 3.05) is 13.1 Å². The fourth-order valence-electron chi connectivity index (χ4n) is 2.98. The summed E-state index contributed by atoms with van der Waals surface area (Å²) >= 11 is 1.59. The van der Waals surface area contributed by atoms with Crippen LogP contribution >= 0.6 is 11.3 Å². The van der Waals surface area contributed by atoms with Crippen molar-refractivity contribution in [2.45, 2.75) is 31.2 Å². The molecular weight excluding hydrogens is 360 g/mol. The molecule has 25 heavy (non-hydrogen) atoms. The normalized spacial score (nSPS) is 19.0. The number of hydrogen-bond acceptors (Lipinski definition) is 5. The zero-order chi connectivity index (χ0) is 18.0. The van der Waals surface area contributed by atoms with Gasteiger partial charge in [0.05, 0.1) is 24.4 Å². The summed E-state index contributed by atoms with van der Waals surface area (Å²) in [6.45, 7) is 2.87. The Balaban J connectivity index is 1.68. The van der Waals surface area contributed by atoms with Crippen LogP contribution in [0, 0.1) is 12.8 Å². The molecule has 7 nitrogen and oxygen atoms in total. The number of rotatable bonds is 5. The van der Waals surface area contributed by atoms with Gasteiger partial charge in [-0.2, -0.15) is 9.40 Å². The van der Waals surface area contributed by atoms with E-state index in [-0.39, 0.29) is 23.3 Å². The Bertz CT molecular complexity index is 843. The molecule has 3 rings (SSSR count). The Labute approximate surface area is 151 Å². The summed E-state index contributed by atoms with van der Waals surface area (Å²) < 4.78 is 28.7.